The van der Waals surface area contributed by atoms with Crippen LogP contribution in [0.5, 0.6) is 0 Å². The standard InChI is InChI=1S/C31H41N3O7/c1-5-7-13-24(36)32-17-21(4)40-30(39)25-23-14-15-31(41-23)26(25)28(37)34(20(3)19-35)27(31)29(38)33(16-6-2)18-22-11-9-8-10-12-22/h5-6,8-12,20-21,23,25-27,35H,1-2,7,13-19H2,3-4H3,(H,32,36)/t20-,21+,23-,25+,26+,27-,31+/m1/s1. The van der Waals surface area contributed by atoms with Gasteiger partial charge in [-0.25, -0.2) is 0 Å². The Morgan fingerprint density at radius 2 is 1.98 bits per heavy atom. The fourth-order valence-corrected chi connectivity index (χ4v) is 6.46. The maximum Gasteiger partial charge on any atom is 0.312 e. The summed E-state index contributed by atoms with van der Waals surface area (Å²) < 4.78 is 12.1. The van der Waals surface area contributed by atoms with Crippen molar-refractivity contribution in [3.63, 3.8) is 0 Å². The number of likely N-dealkylation sites (tertiary alicyclic amines) is 1. The van der Waals surface area contributed by atoms with Gasteiger partial charge in [0.2, 0.25) is 17.7 Å². The molecule has 3 saturated heterocycles. The van der Waals surface area contributed by atoms with Crippen LogP contribution in [0.1, 0.15) is 45.1 Å². The highest BCUT2D eigenvalue weighted by molar-refractivity contribution is 5.98. The Balaban J connectivity index is 1.57. The van der Waals surface area contributed by atoms with Crippen molar-refractivity contribution in [1.82, 2.24) is 15.1 Å². The Morgan fingerprint density at radius 3 is 2.63 bits per heavy atom. The molecule has 2 N–H and O–H groups in total. The highest BCUT2D eigenvalue weighted by Crippen LogP contribution is 2.59. The number of fused-ring (bicyclic) bond motifs is 1. The number of aliphatic hydroxyl groups is 1. The number of nitrogens with zero attached hydrogens (tertiary/aromatic N) is 2. The van der Waals surface area contributed by atoms with Crippen molar-refractivity contribution < 1.29 is 33.8 Å². The van der Waals surface area contributed by atoms with Crippen LogP contribution in [0.4, 0.5) is 0 Å². The molecule has 1 aromatic carbocycles. The predicted octanol–water partition coefficient (Wildman–Crippen LogP) is 1.97. The molecule has 0 aromatic heterocycles. The number of amides is 3. The molecule has 1 aromatic rings. The first-order valence-electron chi connectivity index (χ1n) is 14.3. The zero-order valence-corrected chi connectivity index (χ0v) is 23.9. The molecule has 222 valence electrons. The number of benzene rings is 1. The summed E-state index contributed by atoms with van der Waals surface area (Å²) in [6.45, 7) is 11.1. The van der Waals surface area contributed by atoms with Gasteiger partial charge in [-0.2, -0.15) is 0 Å². The summed E-state index contributed by atoms with van der Waals surface area (Å²) in [5, 5.41) is 12.8. The maximum atomic E-state index is 14.3. The molecule has 0 radical (unpaired) electrons. The van der Waals surface area contributed by atoms with Crippen LogP contribution in [0, 0.1) is 11.8 Å². The average molecular weight is 568 g/mol. The summed E-state index contributed by atoms with van der Waals surface area (Å²) in [6, 6.07) is 7.86. The fourth-order valence-electron chi connectivity index (χ4n) is 6.46. The third-order valence-electron chi connectivity index (χ3n) is 8.34. The number of carbonyl (C=O) groups excluding carboxylic acids is 4. The first kappa shape index (κ1) is 30.5. The van der Waals surface area contributed by atoms with E-state index in [0.717, 1.165) is 5.56 Å². The summed E-state index contributed by atoms with van der Waals surface area (Å²) in [5.74, 6) is -3.25. The lowest BCUT2D eigenvalue weighted by molar-refractivity contribution is -0.160. The van der Waals surface area contributed by atoms with E-state index in [1.807, 2.05) is 30.3 Å². The second-order valence-electron chi connectivity index (χ2n) is 11.2. The van der Waals surface area contributed by atoms with Gasteiger partial charge < -0.3 is 29.7 Å². The van der Waals surface area contributed by atoms with Gasteiger partial charge in [0.1, 0.15) is 17.7 Å². The van der Waals surface area contributed by atoms with E-state index in [2.05, 4.69) is 18.5 Å². The van der Waals surface area contributed by atoms with Crippen LogP contribution in [0.2, 0.25) is 0 Å². The second-order valence-corrected chi connectivity index (χ2v) is 11.2. The van der Waals surface area contributed by atoms with E-state index in [0.29, 0.717) is 32.2 Å². The molecule has 2 bridgehead atoms. The summed E-state index contributed by atoms with van der Waals surface area (Å²) in [4.78, 5) is 56.8. The predicted molar refractivity (Wildman–Crippen MR) is 151 cm³/mol. The summed E-state index contributed by atoms with van der Waals surface area (Å²) in [5.41, 5.74) is -0.281. The molecule has 4 rings (SSSR count). The van der Waals surface area contributed by atoms with Crippen LogP contribution in [0.25, 0.3) is 0 Å². The SMILES string of the molecule is C=CCCC(=O)NC[C@H](C)OC(=O)[C@@H]1[C@H]2C(=O)N([C@H](C)CO)[C@H](C(=O)N(CC=C)Cc3ccccc3)[C@]23CC[C@H]1O3. The molecule has 0 unspecified atom stereocenters. The second kappa shape index (κ2) is 13.0. The first-order valence-corrected chi connectivity index (χ1v) is 14.3. The largest absolute Gasteiger partial charge is 0.460 e. The molecule has 3 aliphatic rings. The van der Waals surface area contributed by atoms with Crippen molar-refractivity contribution in [2.45, 2.75) is 76.0 Å². The zero-order chi connectivity index (χ0) is 29.7. The molecule has 41 heavy (non-hydrogen) atoms. The van der Waals surface area contributed by atoms with Crippen LogP contribution in [0.3, 0.4) is 0 Å². The number of ether oxygens (including phenoxy) is 2. The molecular formula is C31H41N3O7. The van der Waals surface area contributed by atoms with Gasteiger partial charge in [0.15, 0.2) is 0 Å². The van der Waals surface area contributed by atoms with Gasteiger partial charge in [0.25, 0.3) is 0 Å². The molecule has 3 fully saturated rings. The monoisotopic (exact) mass is 567 g/mol. The van der Waals surface area contributed by atoms with Crippen molar-refractivity contribution in [3.8, 4) is 0 Å². The molecule has 3 amide bonds. The summed E-state index contributed by atoms with van der Waals surface area (Å²) in [7, 11) is 0. The lowest BCUT2D eigenvalue weighted by atomic mass is 9.70. The number of carbonyl (C=O) groups is 4. The van der Waals surface area contributed by atoms with Crippen LogP contribution < -0.4 is 5.32 Å². The highest BCUT2D eigenvalue weighted by atomic mass is 16.6. The minimum absolute atomic E-state index is 0.133. The number of nitrogens with one attached hydrogen (secondary N) is 1. The normalized spacial score (nSPS) is 27.6. The van der Waals surface area contributed by atoms with E-state index < -0.39 is 53.6 Å². The van der Waals surface area contributed by atoms with Crippen LogP contribution in [-0.2, 0) is 35.2 Å². The molecule has 7 atom stereocenters. The van der Waals surface area contributed by atoms with E-state index >= 15 is 0 Å². The highest BCUT2D eigenvalue weighted by Gasteiger charge is 2.75. The molecule has 3 heterocycles. The Bertz CT molecular complexity index is 1160. The Labute approximate surface area is 241 Å². The van der Waals surface area contributed by atoms with Gasteiger partial charge >= 0.3 is 5.97 Å². The Morgan fingerprint density at radius 1 is 1.24 bits per heavy atom. The van der Waals surface area contributed by atoms with Crippen molar-refractivity contribution in [1.29, 1.82) is 0 Å². The maximum absolute atomic E-state index is 14.3. The van der Waals surface area contributed by atoms with E-state index in [4.69, 9.17) is 9.47 Å². The molecule has 3 aliphatic heterocycles. The van der Waals surface area contributed by atoms with Gasteiger partial charge in [0, 0.05) is 19.5 Å². The molecule has 1 spiro atoms. The molecule has 10 heteroatoms. The number of hydrogen-bond acceptors (Lipinski definition) is 7. The van der Waals surface area contributed by atoms with Gasteiger partial charge in [-0.15, -0.1) is 13.2 Å². The average Bonchev–Trinajstić information content (AvgIpc) is 3.61. The summed E-state index contributed by atoms with van der Waals surface area (Å²) in [6.07, 6.45) is 3.89. The molecule has 0 saturated carbocycles. The quantitative estimate of drug-likeness (QED) is 0.260. The van der Waals surface area contributed by atoms with Gasteiger partial charge in [-0.05, 0) is 38.7 Å². The lowest BCUT2D eigenvalue weighted by Gasteiger charge is -2.38. The Kier molecular flexibility index (Phi) is 9.65. The third-order valence-corrected chi connectivity index (χ3v) is 8.34. The minimum Gasteiger partial charge on any atom is -0.460 e. The molecular weight excluding hydrogens is 526 g/mol. The molecule has 0 aliphatic carbocycles. The van der Waals surface area contributed by atoms with Gasteiger partial charge in [-0.3, -0.25) is 19.2 Å². The topological polar surface area (TPSA) is 125 Å². The van der Waals surface area contributed by atoms with Crippen molar-refractivity contribution >= 4 is 23.7 Å². The van der Waals surface area contributed by atoms with Crippen molar-refractivity contribution in [2.75, 3.05) is 19.7 Å². The zero-order valence-electron chi connectivity index (χ0n) is 23.9. The van der Waals surface area contributed by atoms with Crippen molar-refractivity contribution in [2.24, 2.45) is 11.8 Å². The summed E-state index contributed by atoms with van der Waals surface area (Å²) >= 11 is 0. The number of allylic oxidation sites excluding steroid dienone is 1. The van der Waals surface area contributed by atoms with Crippen LogP contribution in [-0.4, -0.2) is 88.2 Å². The smallest absolute Gasteiger partial charge is 0.312 e. The number of aliphatic hydroxyl groups excluding tert-OH is 1. The van der Waals surface area contributed by atoms with E-state index in [1.165, 1.54) is 4.90 Å². The molecule has 10 nitrogen and oxygen atoms in total. The fraction of sp³-hybridized carbons (Fsp3) is 0.548. The number of hydrogen-bond donors (Lipinski definition) is 2. The van der Waals surface area contributed by atoms with E-state index in [1.54, 1.807) is 30.9 Å². The van der Waals surface area contributed by atoms with Gasteiger partial charge in [0.05, 0.1) is 37.1 Å². The number of esters is 1. The lowest BCUT2D eigenvalue weighted by Crippen LogP contribution is -2.58. The minimum atomic E-state index is -1.20. The number of rotatable bonds is 14. The first-order chi connectivity index (χ1) is 19.7. The van der Waals surface area contributed by atoms with Gasteiger partial charge in [-0.1, -0.05) is 42.5 Å². The van der Waals surface area contributed by atoms with Crippen LogP contribution in [0.15, 0.2) is 55.6 Å². The third kappa shape index (κ3) is 5.94. The van der Waals surface area contributed by atoms with E-state index in [-0.39, 0.29) is 31.5 Å². The van der Waals surface area contributed by atoms with E-state index in [9.17, 15) is 24.3 Å². The van der Waals surface area contributed by atoms with Crippen LogP contribution >= 0.6 is 0 Å². The van der Waals surface area contributed by atoms with Crippen molar-refractivity contribution in [3.05, 3.63) is 61.2 Å². The Hall–Kier alpha value is -3.50.